The van der Waals surface area contributed by atoms with E-state index in [1.807, 2.05) is 6.07 Å². The van der Waals surface area contributed by atoms with Crippen LogP contribution in [0.1, 0.15) is 31.2 Å². The van der Waals surface area contributed by atoms with Crippen LogP contribution in [0.4, 0.5) is 0 Å². The summed E-state index contributed by atoms with van der Waals surface area (Å²) in [6, 6.07) is 1.77. The molecule has 0 bridgehead atoms. The molecule has 14 heteroatoms. The number of nitrogens with two attached hydrogens (primary N) is 1. The highest BCUT2D eigenvalue weighted by atomic mass is 16.4. The zero-order chi connectivity index (χ0) is 28.0. The van der Waals surface area contributed by atoms with Gasteiger partial charge in [0.05, 0.1) is 18.9 Å². The first kappa shape index (κ1) is 28.1. The van der Waals surface area contributed by atoms with E-state index in [-0.39, 0.29) is 19.4 Å². The Morgan fingerprint density at radius 1 is 1.00 bits per heavy atom. The number of para-hydroxylation sites is 1. The van der Waals surface area contributed by atoms with Crippen LogP contribution in [0.5, 0.6) is 0 Å². The summed E-state index contributed by atoms with van der Waals surface area (Å²) >= 11 is 0. The summed E-state index contributed by atoms with van der Waals surface area (Å²) in [5, 5.41) is 32.8. The lowest BCUT2D eigenvalue weighted by Gasteiger charge is -2.28. The number of benzene rings is 1. The van der Waals surface area contributed by atoms with Crippen molar-refractivity contribution in [2.75, 3.05) is 6.54 Å². The molecule has 204 valence electrons. The van der Waals surface area contributed by atoms with E-state index in [2.05, 4.69) is 15.6 Å². The van der Waals surface area contributed by atoms with Crippen LogP contribution in [0.2, 0.25) is 0 Å². The number of carboxylic acids is 3. The number of hydrogen-bond acceptors (Lipinski definition) is 7. The maximum Gasteiger partial charge on any atom is 0.326 e. The molecular weight excluding hydrogens is 502 g/mol. The van der Waals surface area contributed by atoms with Gasteiger partial charge in [-0.2, -0.15) is 0 Å². The van der Waals surface area contributed by atoms with E-state index >= 15 is 0 Å². The van der Waals surface area contributed by atoms with E-state index in [1.54, 1.807) is 24.4 Å². The third-order valence-electron chi connectivity index (χ3n) is 6.28. The Bertz CT molecular complexity index is 1240. The summed E-state index contributed by atoms with van der Waals surface area (Å²) in [6.07, 6.45) is 0.772. The molecule has 0 saturated carbocycles. The number of aliphatic carboxylic acids is 3. The lowest BCUT2D eigenvalue weighted by atomic mass is 10.0. The number of nitrogens with zero attached hydrogens (tertiary/aromatic N) is 1. The molecule has 1 saturated heterocycles. The molecule has 0 spiro atoms. The van der Waals surface area contributed by atoms with Gasteiger partial charge >= 0.3 is 17.9 Å². The van der Waals surface area contributed by atoms with Gasteiger partial charge in [-0.05, 0) is 24.5 Å². The molecule has 4 atom stereocenters. The van der Waals surface area contributed by atoms with Crippen LogP contribution >= 0.6 is 0 Å². The summed E-state index contributed by atoms with van der Waals surface area (Å²) in [6.45, 7) is 0.170. The topological polar surface area (TPSA) is 232 Å². The summed E-state index contributed by atoms with van der Waals surface area (Å²) < 4.78 is 0. The second-order valence-corrected chi connectivity index (χ2v) is 9.02. The Morgan fingerprint density at radius 2 is 1.68 bits per heavy atom. The monoisotopic (exact) mass is 531 g/mol. The third kappa shape index (κ3) is 6.85. The first-order valence-corrected chi connectivity index (χ1v) is 11.9. The molecule has 8 N–H and O–H groups in total. The fraction of sp³-hybridized carbons (Fsp3) is 0.417. The lowest BCUT2D eigenvalue weighted by molar-refractivity contribution is -0.147. The highest BCUT2D eigenvalue weighted by Crippen LogP contribution is 2.21. The summed E-state index contributed by atoms with van der Waals surface area (Å²) in [4.78, 5) is 76.8. The third-order valence-corrected chi connectivity index (χ3v) is 6.28. The quantitative estimate of drug-likeness (QED) is 0.177. The van der Waals surface area contributed by atoms with Crippen molar-refractivity contribution in [3.05, 3.63) is 36.0 Å². The molecule has 38 heavy (non-hydrogen) atoms. The SMILES string of the molecule is NC(CC(=O)O)C(=O)N1CCCC1C(=O)NC(Cc1c[nH]c2ccccc12)C(=O)NC(CC(=O)O)C(=O)O. The van der Waals surface area contributed by atoms with Crippen LogP contribution in [0.3, 0.4) is 0 Å². The number of likely N-dealkylation sites (tertiary alicyclic amines) is 1. The second-order valence-electron chi connectivity index (χ2n) is 9.02. The molecule has 4 unspecified atom stereocenters. The van der Waals surface area contributed by atoms with Crippen molar-refractivity contribution in [1.82, 2.24) is 20.5 Å². The van der Waals surface area contributed by atoms with Crippen molar-refractivity contribution in [3.63, 3.8) is 0 Å². The van der Waals surface area contributed by atoms with E-state index in [0.717, 1.165) is 10.9 Å². The predicted octanol–water partition coefficient (Wildman–Crippen LogP) is -0.968. The standard InChI is InChI=1S/C24H29N5O9/c25-14(9-19(30)31)23(36)29-7-3-6-18(29)22(35)27-16(21(34)28-17(24(37)38)10-20(32)33)8-12-11-26-15-5-2-1-4-13(12)15/h1-2,4-5,11,14,16-18,26H,3,6-10,25H2,(H,27,35)(H,28,34)(H,30,31)(H,32,33)(H,37,38). The first-order valence-electron chi connectivity index (χ1n) is 11.9. The number of carbonyl (C=O) groups is 6. The Morgan fingerprint density at radius 3 is 2.34 bits per heavy atom. The Balaban J connectivity index is 1.83. The smallest absolute Gasteiger partial charge is 0.326 e. The summed E-state index contributed by atoms with van der Waals surface area (Å²) in [7, 11) is 0. The highest BCUT2D eigenvalue weighted by Gasteiger charge is 2.38. The molecule has 3 rings (SSSR count). The summed E-state index contributed by atoms with van der Waals surface area (Å²) in [5.74, 6) is -6.60. The Kier molecular flexibility index (Phi) is 9.02. The van der Waals surface area contributed by atoms with E-state index in [0.29, 0.717) is 12.0 Å². The van der Waals surface area contributed by atoms with E-state index in [1.165, 1.54) is 4.90 Å². The lowest BCUT2D eigenvalue weighted by Crippen LogP contribution is -2.57. The van der Waals surface area contributed by atoms with Crippen LogP contribution < -0.4 is 16.4 Å². The van der Waals surface area contributed by atoms with Gasteiger partial charge < -0.3 is 41.6 Å². The average molecular weight is 532 g/mol. The summed E-state index contributed by atoms with van der Waals surface area (Å²) in [5.41, 5.74) is 7.10. The van der Waals surface area contributed by atoms with Gasteiger partial charge in [-0.1, -0.05) is 18.2 Å². The highest BCUT2D eigenvalue weighted by molar-refractivity contribution is 5.96. The molecule has 1 aromatic carbocycles. The molecule has 1 fully saturated rings. The fourth-order valence-corrected chi connectivity index (χ4v) is 4.44. The zero-order valence-electron chi connectivity index (χ0n) is 20.3. The molecule has 1 aliphatic rings. The molecule has 3 amide bonds. The minimum Gasteiger partial charge on any atom is -0.481 e. The number of fused-ring (bicyclic) bond motifs is 1. The van der Waals surface area contributed by atoms with Crippen molar-refractivity contribution in [2.45, 2.75) is 56.3 Å². The van der Waals surface area contributed by atoms with Crippen molar-refractivity contribution in [1.29, 1.82) is 0 Å². The van der Waals surface area contributed by atoms with Crippen molar-refractivity contribution >= 4 is 46.5 Å². The van der Waals surface area contributed by atoms with Crippen molar-refractivity contribution in [3.8, 4) is 0 Å². The molecule has 2 heterocycles. The molecule has 1 aliphatic heterocycles. The molecule has 1 aromatic heterocycles. The number of nitrogens with one attached hydrogen (secondary N) is 3. The molecule has 0 radical (unpaired) electrons. The number of carboxylic acid groups (broad SMARTS) is 3. The van der Waals surface area contributed by atoms with Crippen LogP contribution in [-0.2, 0) is 35.2 Å². The van der Waals surface area contributed by atoms with Crippen LogP contribution in [-0.4, -0.2) is 91.5 Å². The normalized spacial score (nSPS) is 17.4. The van der Waals surface area contributed by atoms with Gasteiger partial charge in [0.1, 0.15) is 18.1 Å². The Labute approximate surface area is 216 Å². The van der Waals surface area contributed by atoms with E-state index in [4.69, 9.17) is 15.9 Å². The van der Waals surface area contributed by atoms with Crippen molar-refractivity contribution < 1.29 is 44.1 Å². The largest absolute Gasteiger partial charge is 0.481 e. The van der Waals surface area contributed by atoms with Crippen LogP contribution in [0.15, 0.2) is 30.5 Å². The van der Waals surface area contributed by atoms with E-state index < -0.39 is 72.6 Å². The maximum absolute atomic E-state index is 13.2. The fourth-order valence-electron chi connectivity index (χ4n) is 4.44. The number of aromatic amines is 1. The number of amides is 3. The maximum atomic E-state index is 13.2. The van der Waals surface area contributed by atoms with Gasteiger partial charge in [0.25, 0.3) is 0 Å². The predicted molar refractivity (Wildman–Crippen MR) is 131 cm³/mol. The number of carbonyl (C=O) groups excluding carboxylic acids is 3. The van der Waals surface area contributed by atoms with Gasteiger partial charge in [0.2, 0.25) is 17.7 Å². The van der Waals surface area contributed by atoms with Gasteiger partial charge in [0, 0.05) is 30.1 Å². The number of rotatable bonds is 12. The first-order chi connectivity index (χ1) is 18.0. The van der Waals surface area contributed by atoms with Crippen LogP contribution in [0.25, 0.3) is 10.9 Å². The zero-order valence-corrected chi connectivity index (χ0v) is 20.3. The average Bonchev–Trinajstić information content (AvgIpc) is 3.49. The molecule has 0 aliphatic carbocycles. The van der Waals surface area contributed by atoms with Gasteiger partial charge in [-0.15, -0.1) is 0 Å². The number of aromatic nitrogens is 1. The molecular formula is C24H29N5O9. The number of hydrogen-bond donors (Lipinski definition) is 7. The molecule has 2 aromatic rings. The molecule has 14 nitrogen and oxygen atoms in total. The van der Waals surface area contributed by atoms with E-state index in [9.17, 15) is 33.9 Å². The van der Waals surface area contributed by atoms with Crippen LogP contribution in [0, 0.1) is 0 Å². The second kappa shape index (κ2) is 12.2. The van der Waals surface area contributed by atoms with Gasteiger partial charge in [0.15, 0.2) is 0 Å². The minimum absolute atomic E-state index is 0.0693. The number of H-pyrrole nitrogens is 1. The van der Waals surface area contributed by atoms with Gasteiger partial charge in [-0.25, -0.2) is 4.79 Å². The van der Waals surface area contributed by atoms with Crippen molar-refractivity contribution in [2.24, 2.45) is 5.73 Å². The Hall–Kier alpha value is -4.46. The minimum atomic E-state index is -1.74. The van der Waals surface area contributed by atoms with Gasteiger partial charge in [-0.3, -0.25) is 24.0 Å².